The Labute approximate surface area is 172 Å². The van der Waals surface area contributed by atoms with Gasteiger partial charge in [0.1, 0.15) is 11.3 Å². The van der Waals surface area contributed by atoms with Gasteiger partial charge in [0.05, 0.1) is 24.1 Å². The summed E-state index contributed by atoms with van der Waals surface area (Å²) >= 11 is 0. The van der Waals surface area contributed by atoms with Crippen LogP contribution >= 0.6 is 0 Å². The van der Waals surface area contributed by atoms with E-state index in [1.165, 1.54) is 12.3 Å². The highest BCUT2D eigenvalue weighted by Gasteiger charge is 2.35. The second kappa shape index (κ2) is 7.00. The first kappa shape index (κ1) is 19.7. The van der Waals surface area contributed by atoms with Crippen LogP contribution < -0.4 is 14.9 Å². The fraction of sp³-hybridized carbons (Fsp3) is 0.190. The van der Waals surface area contributed by atoms with Gasteiger partial charge >= 0.3 is 10.1 Å². The van der Waals surface area contributed by atoms with Crippen molar-refractivity contribution < 1.29 is 17.0 Å². The average molecular weight is 423 g/mol. The summed E-state index contributed by atoms with van der Waals surface area (Å²) < 4.78 is 34.7. The molecule has 8 nitrogen and oxygen atoms in total. The quantitative estimate of drug-likeness (QED) is 0.508. The fourth-order valence-corrected chi connectivity index (χ4v) is 4.08. The van der Waals surface area contributed by atoms with Crippen LogP contribution in [0.3, 0.4) is 0 Å². The molecule has 1 aliphatic heterocycles. The van der Waals surface area contributed by atoms with E-state index in [9.17, 15) is 13.2 Å². The van der Waals surface area contributed by atoms with E-state index < -0.39 is 16.0 Å². The van der Waals surface area contributed by atoms with Crippen LogP contribution in [0.25, 0.3) is 15.8 Å². The van der Waals surface area contributed by atoms with Gasteiger partial charge in [-0.15, -0.1) is 0 Å². The molecule has 3 aromatic rings. The Morgan fingerprint density at radius 1 is 1.27 bits per heavy atom. The molecule has 30 heavy (non-hydrogen) atoms. The molecule has 0 bridgehead atoms. The molecule has 1 aromatic carbocycles. The minimum atomic E-state index is -3.87. The normalized spacial score (nSPS) is 16.0. The van der Waals surface area contributed by atoms with Crippen molar-refractivity contribution in [2.24, 2.45) is 0 Å². The number of nitrogens with one attached hydrogen (secondary N) is 1. The highest BCUT2D eigenvalue weighted by atomic mass is 32.2. The molecule has 0 amide bonds. The van der Waals surface area contributed by atoms with Crippen LogP contribution in [0, 0.1) is 13.5 Å². The molecule has 1 unspecified atom stereocenters. The first-order chi connectivity index (χ1) is 14.2. The van der Waals surface area contributed by atoms with E-state index in [1.54, 1.807) is 38.1 Å². The van der Waals surface area contributed by atoms with Gasteiger partial charge in [0.25, 0.3) is 0 Å². The first-order valence-electron chi connectivity index (χ1n) is 8.96. The van der Waals surface area contributed by atoms with Crippen LogP contribution in [-0.2, 0) is 10.1 Å². The number of nitrogens with zero attached hydrogens (tertiary/aromatic N) is 2. The van der Waals surface area contributed by atoms with Crippen molar-refractivity contribution >= 4 is 26.8 Å². The highest BCUT2D eigenvalue weighted by Crippen LogP contribution is 2.47. The Kier molecular flexibility index (Phi) is 4.59. The van der Waals surface area contributed by atoms with Crippen LogP contribution in [0.4, 0.5) is 5.69 Å². The molecule has 0 radical (unpaired) electrons. The second-order valence-corrected chi connectivity index (χ2v) is 8.56. The first-order valence-corrected chi connectivity index (χ1v) is 10.8. The van der Waals surface area contributed by atoms with Crippen molar-refractivity contribution in [2.75, 3.05) is 11.6 Å². The number of hydrogen-bond acceptors (Lipinski definition) is 7. The molecule has 2 aromatic heterocycles. The molecule has 4 rings (SSSR count). The third-order valence-corrected chi connectivity index (χ3v) is 5.25. The van der Waals surface area contributed by atoms with Crippen molar-refractivity contribution in [3.63, 3.8) is 0 Å². The lowest BCUT2D eigenvalue weighted by Gasteiger charge is -2.29. The van der Waals surface area contributed by atoms with E-state index in [4.69, 9.17) is 15.2 Å². The van der Waals surface area contributed by atoms with Gasteiger partial charge < -0.3 is 13.9 Å². The standard InChI is InChI=1S/C21H17N3O5S/c1-11-10-16(25)13-6-5-7-14(20(13)28-11)17-18-15(24-12(2)19(17)22-3)8-9-23-21(18)29-30(4,26)27/h5-10,17,24H,1-2,4H3. The maximum absolute atomic E-state index is 12.5. The number of pyridine rings is 1. The molecule has 9 heteroatoms. The molecular formula is C21H17N3O5S. The van der Waals surface area contributed by atoms with Crippen molar-refractivity contribution in [1.82, 2.24) is 4.98 Å². The molecule has 0 spiro atoms. The van der Waals surface area contributed by atoms with Gasteiger partial charge in [0.2, 0.25) is 5.88 Å². The lowest BCUT2D eigenvalue weighted by atomic mass is 9.84. The van der Waals surface area contributed by atoms with Gasteiger partial charge in [-0.2, -0.15) is 8.42 Å². The number of fused-ring (bicyclic) bond motifs is 2. The zero-order chi connectivity index (χ0) is 21.6. The maximum atomic E-state index is 12.5. The Morgan fingerprint density at radius 3 is 2.73 bits per heavy atom. The van der Waals surface area contributed by atoms with E-state index in [0.717, 1.165) is 6.26 Å². The Hall–Kier alpha value is -3.64. The summed E-state index contributed by atoms with van der Waals surface area (Å²) in [5.74, 6) is -0.441. The van der Waals surface area contributed by atoms with Gasteiger partial charge in [-0.1, -0.05) is 12.1 Å². The molecule has 1 N–H and O–H groups in total. The zero-order valence-electron chi connectivity index (χ0n) is 16.4. The number of hydrogen-bond donors (Lipinski definition) is 1. The summed E-state index contributed by atoms with van der Waals surface area (Å²) in [6, 6.07) is 8.18. The van der Waals surface area contributed by atoms with E-state index >= 15 is 0 Å². The van der Waals surface area contributed by atoms with Crippen molar-refractivity contribution in [3.8, 4) is 5.88 Å². The summed E-state index contributed by atoms with van der Waals surface area (Å²) in [6.07, 6.45) is 2.35. The summed E-state index contributed by atoms with van der Waals surface area (Å²) in [5.41, 5.74) is 2.56. The van der Waals surface area contributed by atoms with Crippen molar-refractivity contribution in [1.29, 1.82) is 0 Å². The number of aromatic nitrogens is 1. The van der Waals surface area contributed by atoms with E-state index in [-0.39, 0.29) is 11.3 Å². The predicted octanol–water partition coefficient (Wildman–Crippen LogP) is 3.54. The minimum absolute atomic E-state index is 0.131. The molecule has 0 fully saturated rings. The van der Waals surface area contributed by atoms with Gasteiger partial charge in [-0.05, 0) is 31.5 Å². The van der Waals surface area contributed by atoms with E-state index in [1.807, 2.05) is 0 Å². The molecular weight excluding hydrogens is 406 g/mol. The molecule has 0 saturated carbocycles. The monoisotopic (exact) mass is 423 g/mol. The predicted molar refractivity (Wildman–Crippen MR) is 112 cm³/mol. The van der Waals surface area contributed by atoms with Gasteiger partial charge in [-0.25, -0.2) is 9.83 Å². The number of allylic oxidation sites excluding steroid dienone is 2. The lowest BCUT2D eigenvalue weighted by molar-refractivity contribution is 0.478. The average Bonchev–Trinajstić information content (AvgIpc) is 2.65. The van der Waals surface area contributed by atoms with Crippen LogP contribution in [0.1, 0.15) is 29.7 Å². The largest absolute Gasteiger partial charge is 0.461 e. The Balaban J connectivity index is 2.10. The molecule has 0 aliphatic carbocycles. The smallest absolute Gasteiger partial charge is 0.307 e. The fourth-order valence-electron chi connectivity index (χ4n) is 3.67. The highest BCUT2D eigenvalue weighted by molar-refractivity contribution is 7.86. The third kappa shape index (κ3) is 3.31. The van der Waals surface area contributed by atoms with Crippen LogP contribution in [0.2, 0.25) is 0 Å². The summed E-state index contributed by atoms with van der Waals surface area (Å²) in [6.45, 7) is 11.2. The molecule has 1 atom stereocenters. The van der Waals surface area contributed by atoms with Crippen LogP contribution in [-0.4, -0.2) is 19.7 Å². The number of anilines is 1. The number of benzene rings is 1. The van der Waals surface area contributed by atoms with Crippen LogP contribution in [0.15, 0.2) is 57.1 Å². The third-order valence-electron chi connectivity index (χ3n) is 4.79. The SMILES string of the molecule is [C-]#[N+]C1=C(C)Nc2ccnc(OS(C)(=O)=O)c2C1c1cccc2c(=O)cc(C)oc12. The molecule has 3 heterocycles. The summed E-state index contributed by atoms with van der Waals surface area (Å²) in [4.78, 5) is 20.3. The van der Waals surface area contributed by atoms with Gasteiger partial charge in [0, 0.05) is 29.2 Å². The van der Waals surface area contributed by atoms with Crippen LogP contribution in [0.5, 0.6) is 5.88 Å². The topological polar surface area (TPSA) is 103 Å². The Bertz CT molecular complexity index is 1430. The second-order valence-electron chi connectivity index (χ2n) is 6.99. The Morgan fingerprint density at radius 2 is 2.03 bits per heavy atom. The summed E-state index contributed by atoms with van der Waals surface area (Å²) in [7, 11) is -3.87. The van der Waals surface area contributed by atoms with Gasteiger partial charge in [0.15, 0.2) is 11.1 Å². The zero-order valence-corrected chi connectivity index (χ0v) is 17.2. The molecule has 0 saturated heterocycles. The maximum Gasteiger partial charge on any atom is 0.307 e. The number of aryl methyl sites for hydroxylation is 1. The number of para-hydroxylation sites is 1. The number of rotatable bonds is 3. The van der Waals surface area contributed by atoms with Crippen molar-refractivity contribution in [3.05, 3.63) is 86.5 Å². The lowest BCUT2D eigenvalue weighted by Crippen LogP contribution is -2.20. The van der Waals surface area contributed by atoms with Crippen molar-refractivity contribution in [2.45, 2.75) is 19.8 Å². The summed E-state index contributed by atoms with van der Waals surface area (Å²) in [5, 5.41) is 3.49. The van der Waals surface area contributed by atoms with E-state index in [0.29, 0.717) is 44.9 Å². The molecule has 152 valence electrons. The van der Waals surface area contributed by atoms with Gasteiger partial charge in [-0.3, -0.25) is 4.79 Å². The van der Waals surface area contributed by atoms with E-state index in [2.05, 4.69) is 15.1 Å². The molecule has 1 aliphatic rings. The minimum Gasteiger partial charge on any atom is -0.461 e.